The lowest BCUT2D eigenvalue weighted by Crippen LogP contribution is -2.81. The first-order valence-electron chi connectivity index (χ1n) is 21.6. The summed E-state index contributed by atoms with van der Waals surface area (Å²) in [5.41, 5.74) is -15.3. The molecule has 1 aliphatic heterocycles. The van der Waals surface area contributed by atoms with E-state index in [1.807, 2.05) is 24.3 Å². The zero-order valence-corrected chi connectivity index (χ0v) is 37.3. The maximum atomic E-state index is 17.5. The fraction of sp³-hybridized carbons (Fsp3) is 0.140. The molecule has 9 rings (SSSR count). The van der Waals surface area contributed by atoms with Gasteiger partial charge in [0.05, 0.1) is 18.6 Å². The predicted molar refractivity (Wildman–Crippen MR) is 233 cm³/mol. The molecule has 0 unspecified atom stereocenters. The lowest BCUT2D eigenvalue weighted by atomic mass is 9.12. The van der Waals surface area contributed by atoms with Crippen molar-refractivity contribution in [1.29, 1.82) is 0 Å². The number of benzene rings is 7. The molecular weight excluding hydrogens is 1030 g/mol. The van der Waals surface area contributed by atoms with Crippen LogP contribution in [0.5, 0.6) is 0 Å². The second-order valence-corrected chi connectivity index (χ2v) is 19.2. The highest BCUT2D eigenvalue weighted by atomic mass is 31.1. The summed E-state index contributed by atoms with van der Waals surface area (Å²) in [6.07, 6.45) is -5.71. The molecule has 2 atom stereocenters. The summed E-state index contributed by atoms with van der Waals surface area (Å²) in [6, 6.07) is 22.9. The number of aliphatic imine (C=N–C) groups is 1. The summed E-state index contributed by atoms with van der Waals surface area (Å²) >= 11 is 0. The third-order valence-corrected chi connectivity index (χ3v) is 15.7. The Bertz CT molecular complexity index is 3110. The van der Waals surface area contributed by atoms with E-state index in [-0.39, 0.29) is 12.3 Å². The Morgan fingerprint density at radius 2 is 0.726 bits per heavy atom. The Morgan fingerprint density at radius 3 is 1.12 bits per heavy atom. The first kappa shape index (κ1) is 51.1. The Balaban J connectivity index is 1.36. The molecule has 7 aromatic rings. The van der Waals surface area contributed by atoms with E-state index in [4.69, 9.17) is 4.99 Å². The van der Waals surface area contributed by atoms with Crippen LogP contribution in [0.25, 0.3) is 0 Å². The van der Waals surface area contributed by atoms with E-state index < -0.39 is 171 Å². The van der Waals surface area contributed by atoms with Crippen molar-refractivity contribution < 1.29 is 83.4 Å². The van der Waals surface area contributed by atoms with Crippen LogP contribution in [-0.2, 0) is 6.54 Å². The van der Waals surface area contributed by atoms with Gasteiger partial charge in [0.25, 0.3) is 0 Å². The minimum absolute atomic E-state index is 0.0432. The van der Waals surface area contributed by atoms with Gasteiger partial charge in [0, 0.05) is 11.1 Å². The summed E-state index contributed by atoms with van der Waals surface area (Å²) in [5, 5.41) is 2.15. The maximum absolute atomic E-state index is 17.5. The van der Waals surface area contributed by atoms with Crippen molar-refractivity contribution in [2.45, 2.75) is 44.3 Å². The van der Waals surface area contributed by atoms with E-state index in [0.717, 1.165) is 10.6 Å². The molecule has 0 bridgehead atoms. The summed E-state index contributed by atoms with van der Waals surface area (Å²) in [6.45, 7) is -1.34. The minimum Gasteiger partial charge on any atom is -0.347 e. The Hall–Kier alpha value is -6.83. The monoisotopic (exact) mass is 1060 g/mol. The number of rotatable bonds is 10. The molecule has 0 spiro atoms. The minimum atomic E-state index is -7.23. The molecule has 7 aromatic carbocycles. The third-order valence-electron chi connectivity index (χ3n) is 13.2. The Labute approximate surface area is 401 Å². The van der Waals surface area contributed by atoms with Crippen LogP contribution in [0.3, 0.4) is 0 Å². The van der Waals surface area contributed by atoms with Crippen LogP contribution in [-0.4, -0.2) is 29.0 Å². The van der Waals surface area contributed by atoms with Crippen LogP contribution in [0.15, 0.2) is 89.9 Å². The standard InChI is InChI=1S/C50H26BF19N2P/c52-31-23(19-72-25-17-9-8-16-24(25)71-50(72)22-15-7-10-18-26(22)73(20-11-3-1-4-12-20)21-13-5-2-6-14-21)32(53)34(55)27(33(31)54)51(28-35(56)41(62)47(68)42(63)36(28)57,29-37(58)43(64)48(69)44(65)38(29)59)30-39(60)45(66)49(70)46(67)40(30)61/h1-7,10-15,18,24-25H,8-9,16-17,19H2/q-1/t24-,25-/m1/s1. The van der Waals surface area contributed by atoms with Gasteiger partial charge in [-0.05, 0) is 36.7 Å². The molecule has 1 fully saturated rings. The summed E-state index contributed by atoms with van der Waals surface area (Å²) < 4.78 is 303. The molecule has 0 radical (unpaired) electrons. The van der Waals surface area contributed by atoms with E-state index in [9.17, 15) is 13.2 Å². The summed E-state index contributed by atoms with van der Waals surface area (Å²) in [5.74, 6) is -65.1. The summed E-state index contributed by atoms with van der Waals surface area (Å²) in [4.78, 5) is 6.06. The Kier molecular flexibility index (Phi) is 13.5. The van der Waals surface area contributed by atoms with Gasteiger partial charge in [-0.1, -0.05) is 97.8 Å². The number of hydrogen-bond donors (Lipinski definition) is 0. The molecule has 1 saturated carbocycles. The number of hydrogen-bond acceptors (Lipinski definition) is 2. The van der Waals surface area contributed by atoms with Crippen molar-refractivity contribution in [3.8, 4) is 0 Å². The summed E-state index contributed by atoms with van der Waals surface area (Å²) in [7, 11) is -1.51. The maximum Gasteiger partial charge on any atom is 0.200 e. The van der Waals surface area contributed by atoms with Gasteiger partial charge in [0.15, 0.2) is 64.0 Å². The van der Waals surface area contributed by atoms with E-state index in [0.29, 0.717) is 30.1 Å². The van der Waals surface area contributed by atoms with Crippen molar-refractivity contribution in [2.24, 2.45) is 4.99 Å². The van der Waals surface area contributed by atoms with E-state index in [2.05, 4.69) is 0 Å². The molecule has 0 aromatic heterocycles. The van der Waals surface area contributed by atoms with Crippen molar-refractivity contribution >= 4 is 57.7 Å². The molecule has 0 amide bonds. The lowest BCUT2D eigenvalue weighted by Gasteiger charge is -2.45. The van der Waals surface area contributed by atoms with Gasteiger partial charge >= 0.3 is 0 Å². The average molecular weight is 1060 g/mol. The molecule has 2 nitrogen and oxygen atoms in total. The number of nitrogens with zero attached hydrogens (tertiary/aromatic N) is 2. The van der Waals surface area contributed by atoms with Crippen molar-refractivity contribution in [2.75, 3.05) is 0 Å². The smallest absolute Gasteiger partial charge is 0.200 e. The number of amidine groups is 1. The average Bonchev–Trinajstić information content (AvgIpc) is 3.76. The van der Waals surface area contributed by atoms with Crippen LogP contribution >= 0.6 is 7.92 Å². The zero-order chi connectivity index (χ0) is 52.7. The fourth-order valence-electron chi connectivity index (χ4n) is 10.1. The van der Waals surface area contributed by atoms with Gasteiger partial charge in [-0.3, -0.25) is 4.99 Å². The molecule has 23 heteroatoms. The molecule has 0 N–H and O–H groups in total. The molecule has 1 aliphatic carbocycles. The fourth-order valence-corrected chi connectivity index (χ4v) is 12.6. The van der Waals surface area contributed by atoms with Crippen LogP contribution < -0.4 is 37.8 Å². The van der Waals surface area contributed by atoms with E-state index >= 15 is 70.2 Å². The first-order chi connectivity index (χ1) is 34.7. The van der Waals surface area contributed by atoms with Crippen molar-refractivity contribution in [3.05, 3.63) is 207 Å². The lowest BCUT2D eigenvalue weighted by molar-refractivity contribution is 0.234. The molecular formula is C50H26BF19N2P-. The SMILES string of the molecule is Fc1c(F)c(F)c([B-](c2c(F)c(F)c(F)c(F)c2F)(c2c(F)c(F)c(F)c(F)c2F)c2c(F)c(F)c(CN3C(c4ccccc4P(c4ccccc4)c4ccccc4)=N[C@@H]4CCCC[C@H]43)c(F)c2F)c(F)c1F. The van der Waals surface area contributed by atoms with Gasteiger partial charge in [-0.25, -0.2) is 83.4 Å². The van der Waals surface area contributed by atoms with Gasteiger partial charge in [0.1, 0.15) is 58.5 Å². The highest BCUT2D eigenvalue weighted by Gasteiger charge is 2.53. The van der Waals surface area contributed by atoms with Gasteiger partial charge < -0.3 is 4.90 Å². The van der Waals surface area contributed by atoms with Crippen LogP contribution in [0.4, 0.5) is 83.4 Å². The number of fused-ring (bicyclic) bond motifs is 1. The quantitative estimate of drug-likeness (QED) is 0.0438. The van der Waals surface area contributed by atoms with Gasteiger partial charge in [-0.15, -0.1) is 21.9 Å². The van der Waals surface area contributed by atoms with E-state index in [1.54, 1.807) is 60.7 Å². The number of halogens is 19. The van der Waals surface area contributed by atoms with Gasteiger partial charge in [-0.2, -0.15) is 0 Å². The van der Waals surface area contributed by atoms with Crippen LogP contribution in [0, 0.1) is 111 Å². The van der Waals surface area contributed by atoms with Crippen molar-refractivity contribution in [1.82, 2.24) is 4.90 Å². The third kappa shape index (κ3) is 7.75. The second-order valence-electron chi connectivity index (χ2n) is 17.0. The van der Waals surface area contributed by atoms with Crippen molar-refractivity contribution in [3.63, 3.8) is 0 Å². The Morgan fingerprint density at radius 1 is 0.397 bits per heavy atom. The van der Waals surface area contributed by atoms with E-state index in [1.165, 1.54) is 4.90 Å². The van der Waals surface area contributed by atoms with Crippen LogP contribution in [0.1, 0.15) is 36.8 Å². The van der Waals surface area contributed by atoms with Crippen LogP contribution in [0.2, 0.25) is 0 Å². The molecule has 73 heavy (non-hydrogen) atoms. The molecule has 1 heterocycles. The molecule has 378 valence electrons. The predicted octanol–water partition coefficient (Wildman–Crippen LogP) is 10.0. The molecule has 0 saturated heterocycles. The second kappa shape index (κ2) is 19.2. The molecule has 2 aliphatic rings. The largest absolute Gasteiger partial charge is 0.347 e. The highest BCUT2D eigenvalue weighted by Crippen LogP contribution is 2.40. The normalized spacial score (nSPS) is 15.9. The zero-order valence-electron chi connectivity index (χ0n) is 36.4. The van der Waals surface area contributed by atoms with Gasteiger partial charge in [0.2, 0.25) is 0 Å². The highest BCUT2D eigenvalue weighted by molar-refractivity contribution is 7.80. The topological polar surface area (TPSA) is 15.6 Å². The first-order valence-corrected chi connectivity index (χ1v) is 22.9.